The Bertz CT molecular complexity index is 740. The second kappa shape index (κ2) is 4.19. The number of nitrogens with zero attached hydrogens (tertiary/aromatic N) is 1. The van der Waals surface area contributed by atoms with Crippen LogP contribution < -0.4 is 0 Å². The van der Waals surface area contributed by atoms with Gasteiger partial charge in [-0.15, -0.1) is 0 Å². The summed E-state index contributed by atoms with van der Waals surface area (Å²) in [7, 11) is 0. The molecule has 6 aliphatic rings. The molecule has 0 amide bonds. The van der Waals surface area contributed by atoms with E-state index in [1.165, 1.54) is 0 Å². The van der Waals surface area contributed by atoms with E-state index >= 15 is 0 Å². The fraction of sp³-hybridized carbons (Fsp3) is 0.632. The van der Waals surface area contributed by atoms with E-state index in [0.29, 0.717) is 0 Å². The van der Waals surface area contributed by atoms with Crippen molar-refractivity contribution in [3.8, 4) is 0 Å². The molecule has 0 radical (unpaired) electrons. The van der Waals surface area contributed by atoms with Crippen LogP contribution in [-0.4, -0.2) is 33.7 Å². The fourth-order valence-corrected chi connectivity index (χ4v) is 6.48. The first-order chi connectivity index (χ1) is 11.5. The number of piperidine rings is 1. The summed E-state index contributed by atoms with van der Waals surface area (Å²) in [6.45, 7) is 2.11. The lowest BCUT2D eigenvalue weighted by atomic mass is 9.47. The Labute approximate surface area is 140 Å². The number of hydrogen-bond acceptors (Lipinski definition) is 5. The molecular formula is C19H21NO4. The van der Waals surface area contributed by atoms with Crippen molar-refractivity contribution in [2.24, 2.45) is 17.3 Å². The molecule has 0 aromatic carbocycles. The monoisotopic (exact) mass is 327 g/mol. The highest BCUT2D eigenvalue weighted by Crippen LogP contribution is 2.71. The van der Waals surface area contributed by atoms with Crippen molar-refractivity contribution in [3.05, 3.63) is 24.4 Å². The molecule has 3 fully saturated rings. The predicted molar refractivity (Wildman–Crippen MR) is 84.5 cm³/mol. The van der Waals surface area contributed by atoms with E-state index in [4.69, 9.17) is 4.74 Å². The molecule has 4 aliphatic heterocycles. The highest BCUT2D eigenvalue weighted by atomic mass is 16.6. The van der Waals surface area contributed by atoms with Gasteiger partial charge in [0.25, 0.3) is 0 Å². The van der Waals surface area contributed by atoms with E-state index in [1.807, 2.05) is 6.20 Å². The van der Waals surface area contributed by atoms with Gasteiger partial charge in [-0.05, 0) is 31.8 Å². The molecule has 0 aromatic rings. The molecule has 2 bridgehead atoms. The van der Waals surface area contributed by atoms with Gasteiger partial charge in [-0.1, -0.05) is 31.9 Å². The largest absolute Gasteiger partial charge is 0.393 e. The molecule has 0 unspecified atom stereocenters. The van der Waals surface area contributed by atoms with Gasteiger partial charge in [0.2, 0.25) is 0 Å². The number of cyclic esters (lactones) is 2. The van der Waals surface area contributed by atoms with Crippen molar-refractivity contribution in [3.63, 3.8) is 0 Å². The van der Waals surface area contributed by atoms with Gasteiger partial charge >= 0.3 is 11.9 Å². The minimum Gasteiger partial charge on any atom is -0.393 e. The maximum Gasteiger partial charge on any atom is 0.320 e. The first kappa shape index (κ1) is 14.4. The van der Waals surface area contributed by atoms with Gasteiger partial charge in [0.1, 0.15) is 5.54 Å². The summed E-state index contributed by atoms with van der Waals surface area (Å²) >= 11 is 0. The molecule has 0 aromatic heterocycles. The number of carbonyl (C=O) groups is 3. The number of ketones is 1. The van der Waals surface area contributed by atoms with Crippen LogP contribution in [-0.2, 0) is 19.1 Å². The molecule has 2 spiro atoms. The topological polar surface area (TPSA) is 63.7 Å². The average molecular weight is 327 g/mol. The van der Waals surface area contributed by atoms with Gasteiger partial charge in [0, 0.05) is 11.6 Å². The number of hydrogen-bond donors (Lipinski definition) is 0. The minimum absolute atomic E-state index is 0.0934. The quantitative estimate of drug-likeness (QED) is 0.451. The van der Waals surface area contributed by atoms with Crippen LogP contribution in [0.15, 0.2) is 24.4 Å². The Morgan fingerprint density at radius 2 is 1.96 bits per heavy atom. The molecule has 0 N–H and O–H groups in total. The third kappa shape index (κ3) is 1.20. The third-order valence-electron chi connectivity index (χ3n) is 7.28. The molecule has 24 heavy (non-hydrogen) atoms. The van der Waals surface area contributed by atoms with E-state index in [2.05, 4.69) is 24.0 Å². The summed E-state index contributed by atoms with van der Waals surface area (Å²) in [6, 6.07) is 0. The van der Waals surface area contributed by atoms with Crippen molar-refractivity contribution in [2.45, 2.75) is 56.5 Å². The average Bonchev–Trinajstić information content (AvgIpc) is 3.21. The summed E-state index contributed by atoms with van der Waals surface area (Å²) < 4.78 is 5.11. The summed E-state index contributed by atoms with van der Waals surface area (Å²) in [5.74, 6) is -1.72. The zero-order valence-corrected chi connectivity index (χ0v) is 13.8. The number of carbonyl (C=O) groups excluding carboxylic acids is 3. The van der Waals surface area contributed by atoms with Crippen molar-refractivity contribution < 1.29 is 19.1 Å². The molecule has 5 atom stereocenters. The Kier molecular flexibility index (Phi) is 2.52. The lowest BCUT2D eigenvalue weighted by Gasteiger charge is -2.66. The molecule has 2 saturated heterocycles. The number of rotatable bonds is 3. The van der Waals surface area contributed by atoms with Crippen LogP contribution in [0.25, 0.3) is 0 Å². The molecule has 126 valence electrons. The van der Waals surface area contributed by atoms with E-state index in [1.54, 1.807) is 6.08 Å². The molecular weight excluding hydrogens is 306 g/mol. The molecule has 1 saturated carbocycles. The van der Waals surface area contributed by atoms with Crippen molar-refractivity contribution in [1.82, 2.24) is 4.90 Å². The summed E-state index contributed by atoms with van der Waals surface area (Å²) in [5.41, 5.74) is -1.87. The highest BCUT2D eigenvalue weighted by Gasteiger charge is 2.80. The van der Waals surface area contributed by atoms with Crippen molar-refractivity contribution >= 4 is 17.7 Å². The number of unbranched alkanes of at least 4 members (excludes halogenated alkanes) is 1. The Hall–Kier alpha value is -1.91. The van der Waals surface area contributed by atoms with E-state index in [0.717, 1.165) is 38.5 Å². The molecule has 4 heterocycles. The standard InChI is InChI=1S/C19H21NO4/c1-2-3-7-18-10-9-17(13-14(18)16(23)24-15(13)22)6-4-8-19(17)12(21)5-11-20(18)19/h5,9-11,13-14H,2-4,6-8H2,1H3/t13-,14+,17+,18-,19-/m0/s1. The maximum absolute atomic E-state index is 13.0. The SMILES string of the molecule is CCCC[C@@]12C=C[C@]3(CCC[C@]34C(=O)C=CN14)[C@@H]1C(=O)OC(=O)[C@@H]12. The Morgan fingerprint density at radius 3 is 2.75 bits per heavy atom. The fourth-order valence-electron chi connectivity index (χ4n) is 6.48. The normalized spacial score (nSPS) is 47.2. The van der Waals surface area contributed by atoms with E-state index in [-0.39, 0.29) is 5.78 Å². The maximum atomic E-state index is 13.0. The van der Waals surface area contributed by atoms with Crippen LogP contribution in [0.4, 0.5) is 0 Å². The van der Waals surface area contributed by atoms with Gasteiger partial charge in [0.05, 0.1) is 17.4 Å². The first-order valence-corrected chi connectivity index (χ1v) is 9.01. The molecule has 5 nitrogen and oxygen atoms in total. The van der Waals surface area contributed by atoms with Crippen LogP contribution in [0, 0.1) is 17.3 Å². The lowest BCUT2D eigenvalue weighted by molar-refractivity contribution is -0.168. The summed E-state index contributed by atoms with van der Waals surface area (Å²) in [6.07, 6.45) is 12.9. The molecule has 6 rings (SSSR count). The van der Waals surface area contributed by atoms with Crippen LogP contribution >= 0.6 is 0 Å². The van der Waals surface area contributed by atoms with Crippen LogP contribution in [0.2, 0.25) is 0 Å². The van der Waals surface area contributed by atoms with Crippen molar-refractivity contribution in [2.75, 3.05) is 0 Å². The van der Waals surface area contributed by atoms with Crippen LogP contribution in [0.3, 0.4) is 0 Å². The van der Waals surface area contributed by atoms with Gasteiger partial charge in [-0.3, -0.25) is 14.4 Å². The Morgan fingerprint density at radius 1 is 1.17 bits per heavy atom. The van der Waals surface area contributed by atoms with Crippen LogP contribution in [0.5, 0.6) is 0 Å². The number of ether oxygens (including phenoxy) is 1. The second-order valence-corrected chi connectivity index (χ2v) is 7.93. The van der Waals surface area contributed by atoms with Crippen molar-refractivity contribution in [1.29, 1.82) is 0 Å². The Balaban J connectivity index is 1.80. The van der Waals surface area contributed by atoms with Gasteiger partial charge < -0.3 is 9.64 Å². The minimum atomic E-state index is -0.680. The van der Waals surface area contributed by atoms with E-state index < -0.39 is 40.3 Å². The zero-order chi connectivity index (χ0) is 16.7. The van der Waals surface area contributed by atoms with Gasteiger partial charge in [0.15, 0.2) is 5.78 Å². The predicted octanol–water partition coefficient (Wildman–Crippen LogP) is 2.12. The first-order valence-electron chi connectivity index (χ1n) is 9.01. The summed E-state index contributed by atoms with van der Waals surface area (Å²) in [5, 5.41) is 0. The van der Waals surface area contributed by atoms with Crippen LogP contribution in [0.1, 0.15) is 45.4 Å². The zero-order valence-electron chi connectivity index (χ0n) is 13.8. The van der Waals surface area contributed by atoms with E-state index in [9.17, 15) is 14.4 Å². The second-order valence-electron chi connectivity index (χ2n) is 7.93. The summed E-state index contributed by atoms with van der Waals surface area (Å²) in [4.78, 5) is 40.4. The third-order valence-corrected chi connectivity index (χ3v) is 7.28. The number of esters is 2. The van der Waals surface area contributed by atoms with Gasteiger partial charge in [-0.2, -0.15) is 0 Å². The molecule has 5 heteroatoms. The van der Waals surface area contributed by atoms with Gasteiger partial charge in [-0.25, -0.2) is 0 Å². The highest BCUT2D eigenvalue weighted by molar-refractivity contribution is 6.06. The lowest BCUT2D eigenvalue weighted by Crippen LogP contribution is -2.76. The molecule has 2 aliphatic carbocycles. The smallest absolute Gasteiger partial charge is 0.320 e.